The lowest BCUT2D eigenvalue weighted by atomic mass is 10.0. The number of carbonyl (C=O) groups is 1. The third kappa shape index (κ3) is 3.27. The smallest absolute Gasteiger partial charge is 0.223 e. The average molecular weight is 199 g/mol. The molecule has 0 aromatic carbocycles. The lowest BCUT2D eigenvalue weighted by molar-refractivity contribution is -0.132. The number of hydrogen-bond acceptors (Lipinski definition) is 3. The van der Waals surface area contributed by atoms with E-state index in [1.165, 1.54) is 0 Å². The van der Waals surface area contributed by atoms with Crippen LogP contribution in [0, 0.1) is 0 Å². The van der Waals surface area contributed by atoms with Crippen LogP contribution in [0.15, 0.2) is 0 Å². The molecule has 0 aromatic rings. The van der Waals surface area contributed by atoms with Gasteiger partial charge in [-0.1, -0.05) is 6.92 Å². The highest BCUT2D eigenvalue weighted by molar-refractivity contribution is 5.76. The van der Waals surface area contributed by atoms with Gasteiger partial charge in [-0.3, -0.25) is 4.79 Å². The predicted octanol–water partition coefficient (Wildman–Crippen LogP) is -0.0643. The predicted molar refractivity (Wildman–Crippen MR) is 57.0 cm³/mol. The monoisotopic (exact) mass is 199 g/mol. The number of rotatable bonds is 4. The van der Waals surface area contributed by atoms with Crippen molar-refractivity contribution in [3.63, 3.8) is 0 Å². The van der Waals surface area contributed by atoms with Crippen LogP contribution in [-0.2, 0) is 4.79 Å². The van der Waals surface area contributed by atoms with Crippen LogP contribution in [0.1, 0.15) is 26.2 Å². The van der Waals surface area contributed by atoms with E-state index < -0.39 is 0 Å². The van der Waals surface area contributed by atoms with Gasteiger partial charge < -0.3 is 16.0 Å². The Morgan fingerprint density at radius 1 is 1.50 bits per heavy atom. The molecule has 0 aromatic heterocycles. The van der Waals surface area contributed by atoms with Gasteiger partial charge in [0.15, 0.2) is 0 Å². The highest BCUT2D eigenvalue weighted by Gasteiger charge is 2.21. The second-order valence-electron chi connectivity index (χ2n) is 3.75. The van der Waals surface area contributed by atoms with E-state index in [-0.39, 0.29) is 5.91 Å². The molecule has 4 heteroatoms. The second kappa shape index (κ2) is 5.98. The molecule has 1 fully saturated rings. The number of amides is 1. The van der Waals surface area contributed by atoms with E-state index in [2.05, 4.69) is 12.2 Å². The fraction of sp³-hybridized carbons (Fsp3) is 0.900. The first-order chi connectivity index (χ1) is 6.77. The van der Waals surface area contributed by atoms with Gasteiger partial charge in [0.1, 0.15) is 0 Å². The fourth-order valence-corrected chi connectivity index (χ4v) is 1.90. The molecule has 0 radical (unpaired) electrons. The molecule has 0 bridgehead atoms. The first kappa shape index (κ1) is 11.5. The van der Waals surface area contributed by atoms with Gasteiger partial charge in [-0.25, -0.2) is 0 Å². The van der Waals surface area contributed by atoms with Crippen LogP contribution in [0.25, 0.3) is 0 Å². The van der Waals surface area contributed by atoms with Crippen LogP contribution < -0.4 is 11.1 Å². The second-order valence-corrected chi connectivity index (χ2v) is 3.75. The van der Waals surface area contributed by atoms with Crippen molar-refractivity contribution >= 4 is 5.91 Å². The van der Waals surface area contributed by atoms with Gasteiger partial charge in [0, 0.05) is 32.1 Å². The number of nitrogens with one attached hydrogen (secondary N) is 1. The molecule has 1 heterocycles. The third-order valence-corrected chi connectivity index (χ3v) is 2.70. The lowest BCUT2D eigenvalue weighted by Gasteiger charge is -2.32. The SMILES string of the molecule is CCNC1CCN(C(=O)CCN)CC1. The van der Waals surface area contributed by atoms with E-state index in [9.17, 15) is 4.79 Å². The highest BCUT2D eigenvalue weighted by atomic mass is 16.2. The Hall–Kier alpha value is -0.610. The van der Waals surface area contributed by atoms with Crippen molar-refractivity contribution in [2.24, 2.45) is 5.73 Å². The number of nitrogens with zero attached hydrogens (tertiary/aromatic N) is 1. The summed E-state index contributed by atoms with van der Waals surface area (Å²) in [6.07, 6.45) is 2.64. The van der Waals surface area contributed by atoms with E-state index in [1.54, 1.807) is 0 Å². The van der Waals surface area contributed by atoms with E-state index >= 15 is 0 Å². The van der Waals surface area contributed by atoms with E-state index in [4.69, 9.17) is 5.73 Å². The van der Waals surface area contributed by atoms with Crippen molar-refractivity contribution in [2.75, 3.05) is 26.2 Å². The zero-order valence-electron chi connectivity index (χ0n) is 8.96. The summed E-state index contributed by atoms with van der Waals surface area (Å²) in [7, 11) is 0. The van der Waals surface area contributed by atoms with Crippen molar-refractivity contribution in [3.8, 4) is 0 Å². The van der Waals surface area contributed by atoms with Crippen molar-refractivity contribution in [1.29, 1.82) is 0 Å². The molecule has 3 N–H and O–H groups in total. The van der Waals surface area contributed by atoms with Crippen LogP contribution >= 0.6 is 0 Å². The number of hydrogen-bond donors (Lipinski definition) is 2. The molecule has 0 atom stereocenters. The summed E-state index contributed by atoms with van der Waals surface area (Å²) in [4.78, 5) is 13.4. The van der Waals surface area contributed by atoms with Gasteiger partial charge in [-0.05, 0) is 19.4 Å². The maximum Gasteiger partial charge on any atom is 0.223 e. The minimum atomic E-state index is 0.211. The molecule has 1 aliphatic heterocycles. The minimum absolute atomic E-state index is 0.211. The van der Waals surface area contributed by atoms with Crippen LogP contribution in [-0.4, -0.2) is 43.0 Å². The molecular formula is C10H21N3O. The molecule has 1 aliphatic rings. The van der Waals surface area contributed by atoms with Gasteiger partial charge >= 0.3 is 0 Å². The van der Waals surface area contributed by atoms with E-state index in [0.29, 0.717) is 19.0 Å². The molecular weight excluding hydrogens is 178 g/mol. The minimum Gasteiger partial charge on any atom is -0.343 e. The third-order valence-electron chi connectivity index (χ3n) is 2.70. The Morgan fingerprint density at radius 3 is 2.64 bits per heavy atom. The standard InChI is InChI=1S/C10H21N3O/c1-2-12-9-4-7-13(8-5-9)10(14)3-6-11/h9,12H,2-8,11H2,1H3. The Morgan fingerprint density at radius 2 is 2.14 bits per heavy atom. The largest absolute Gasteiger partial charge is 0.343 e. The van der Waals surface area contributed by atoms with Crippen molar-refractivity contribution in [2.45, 2.75) is 32.2 Å². The first-order valence-electron chi connectivity index (χ1n) is 5.49. The summed E-state index contributed by atoms with van der Waals surface area (Å²) in [5, 5.41) is 3.41. The zero-order chi connectivity index (χ0) is 10.4. The van der Waals surface area contributed by atoms with Crippen molar-refractivity contribution in [3.05, 3.63) is 0 Å². The van der Waals surface area contributed by atoms with Gasteiger partial charge in [0.25, 0.3) is 0 Å². The van der Waals surface area contributed by atoms with E-state index in [1.807, 2.05) is 4.90 Å². The maximum atomic E-state index is 11.5. The Kier molecular flexibility index (Phi) is 4.90. The van der Waals surface area contributed by atoms with Crippen molar-refractivity contribution in [1.82, 2.24) is 10.2 Å². The Bertz CT molecular complexity index is 176. The molecule has 0 spiro atoms. The Balaban J connectivity index is 2.24. The van der Waals surface area contributed by atoms with Gasteiger partial charge in [-0.15, -0.1) is 0 Å². The molecule has 82 valence electrons. The summed E-state index contributed by atoms with van der Waals surface area (Å²) in [6, 6.07) is 0.599. The average Bonchev–Trinajstić information content (AvgIpc) is 2.20. The molecule has 0 unspecified atom stereocenters. The number of likely N-dealkylation sites (tertiary alicyclic amines) is 1. The molecule has 4 nitrogen and oxygen atoms in total. The van der Waals surface area contributed by atoms with E-state index in [0.717, 1.165) is 32.5 Å². The summed E-state index contributed by atoms with van der Waals surface area (Å²) in [5.74, 6) is 0.211. The van der Waals surface area contributed by atoms with Crippen LogP contribution in [0.3, 0.4) is 0 Å². The summed E-state index contributed by atoms with van der Waals surface area (Å²) < 4.78 is 0. The molecule has 0 saturated carbocycles. The fourth-order valence-electron chi connectivity index (χ4n) is 1.90. The lowest BCUT2D eigenvalue weighted by Crippen LogP contribution is -2.45. The van der Waals surface area contributed by atoms with Gasteiger partial charge in [0.05, 0.1) is 0 Å². The topological polar surface area (TPSA) is 58.4 Å². The molecule has 14 heavy (non-hydrogen) atoms. The summed E-state index contributed by atoms with van der Waals surface area (Å²) >= 11 is 0. The van der Waals surface area contributed by atoms with Crippen LogP contribution in [0.4, 0.5) is 0 Å². The molecule has 1 saturated heterocycles. The first-order valence-corrected chi connectivity index (χ1v) is 5.49. The molecule has 0 aliphatic carbocycles. The van der Waals surface area contributed by atoms with Crippen molar-refractivity contribution < 1.29 is 4.79 Å². The number of carbonyl (C=O) groups excluding carboxylic acids is 1. The number of nitrogens with two attached hydrogens (primary N) is 1. The molecule has 1 amide bonds. The summed E-state index contributed by atoms with van der Waals surface area (Å²) in [6.45, 7) is 5.37. The van der Waals surface area contributed by atoms with Crippen LogP contribution in [0.5, 0.6) is 0 Å². The summed E-state index contributed by atoms with van der Waals surface area (Å²) in [5.41, 5.74) is 5.35. The van der Waals surface area contributed by atoms with Gasteiger partial charge in [0.2, 0.25) is 5.91 Å². The molecule has 1 rings (SSSR count). The number of piperidine rings is 1. The van der Waals surface area contributed by atoms with Gasteiger partial charge in [-0.2, -0.15) is 0 Å². The zero-order valence-corrected chi connectivity index (χ0v) is 8.96. The maximum absolute atomic E-state index is 11.5. The normalized spacial score (nSPS) is 18.6. The quantitative estimate of drug-likeness (QED) is 0.666. The highest BCUT2D eigenvalue weighted by Crippen LogP contribution is 2.10. The Labute approximate surface area is 85.8 Å². The van der Waals surface area contributed by atoms with Crippen LogP contribution in [0.2, 0.25) is 0 Å².